The van der Waals surface area contributed by atoms with Crippen LogP contribution < -0.4 is 22.9 Å². The highest BCUT2D eigenvalue weighted by molar-refractivity contribution is 4.57. The number of rotatable bonds is 0. The van der Waals surface area contributed by atoms with Crippen molar-refractivity contribution in [2.24, 2.45) is 0 Å². The molecule has 7 heteroatoms. The van der Waals surface area contributed by atoms with E-state index in [0.717, 1.165) is 0 Å². The van der Waals surface area contributed by atoms with Crippen molar-refractivity contribution in [3.05, 3.63) is 42.1 Å². The maximum Gasteiger partial charge on any atom is 0.526 e. The second-order valence-electron chi connectivity index (χ2n) is 1.38. The van der Waals surface area contributed by atoms with E-state index >= 15 is 0 Å². The zero-order valence-electron chi connectivity index (χ0n) is 4.86. The molecule has 0 bridgehead atoms. The highest BCUT2D eigenvalue weighted by Gasteiger charge is 1.99. The molecule has 58 valence electrons. The fourth-order valence-corrected chi connectivity index (χ4v) is 0.344. The lowest BCUT2D eigenvalue weighted by atomic mass is 10.9. The van der Waals surface area contributed by atoms with Gasteiger partial charge in [0.15, 0.2) is 0 Å². The standard InChI is InChI=1S/C4O7/c5-1-2(6)10-4(8)11-3(7)9-1. The van der Waals surface area contributed by atoms with E-state index < -0.39 is 22.9 Å². The van der Waals surface area contributed by atoms with Gasteiger partial charge in [-0.2, -0.15) is 0 Å². The van der Waals surface area contributed by atoms with Crippen LogP contribution in [0.5, 0.6) is 0 Å². The molecule has 11 heavy (non-hydrogen) atoms. The molecule has 0 atom stereocenters. The third kappa shape index (κ3) is 1.51. The van der Waals surface area contributed by atoms with Crippen molar-refractivity contribution >= 4 is 0 Å². The predicted octanol–water partition coefficient (Wildman–Crippen LogP) is -2.09. The highest BCUT2D eigenvalue weighted by Crippen LogP contribution is 1.49. The molecule has 0 N–H and O–H groups in total. The van der Waals surface area contributed by atoms with E-state index in [0.29, 0.717) is 0 Å². The van der Waals surface area contributed by atoms with Gasteiger partial charge in [0.1, 0.15) is 0 Å². The maximum atomic E-state index is 10.2. The van der Waals surface area contributed by atoms with Gasteiger partial charge in [-0.3, -0.25) is 0 Å². The normalized spacial score (nSPS) is 9.45. The second-order valence-corrected chi connectivity index (χ2v) is 1.38. The van der Waals surface area contributed by atoms with Crippen molar-refractivity contribution in [3.63, 3.8) is 0 Å². The van der Waals surface area contributed by atoms with E-state index in [-0.39, 0.29) is 0 Å². The Kier molecular flexibility index (Phi) is 1.55. The van der Waals surface area contributed by atoms with Gasteiger partial charge < -0.3 is 13.3 Å². The van der Waals surface area contributed by atoms with Gasteiger partial charge in [0, 0.05) is 0 Å². The van der Waals surface area contributed by atoms with Crippen LogP contribution >= 0.6 is 0 Å². The van der Waals surface area contributed by atoms with Crippen molar-refractivity contribution in [3.8, 4) is 0 Å². The molecule has 1 rings (SSSR count). The first kappa shape index (κ1) is 7.19. The van der Waals surface area contributed by atoms with Gasteiger partial charge in [-0.15, -0.1) is 0 Å². The van der Waals surface area contributed by atoms with Gasteiger partial charge in [0.2, 0.25) is 0 Å². The van der Waals surface area contributed by atoms with E-state index in [1.807, 2.05) is 0 Å². The molecule has 0 radical (unpaired) electrons. The Hall–Kier alpha value is -1.92. The van der Waals surface area contributed by atoms with Gasteiger partial charge in [-0.05, 0) is 0 Å². The van der Waals surface area contributed by atoms with Crippen LogP contribution in [0.3, 0.4) is 0 Å². The average molecular weight is 160 g/mol. The van der Waals surface area contributed by atoms with Crippen molar-refractivity contribution < 1.29 is 13.3 Å². The Balaban J connectivity index is 3.98. The zero-order chi connectivity index (χ0) is 8.43. The van der Waals surface area contributed by atoms with Crippen LogP contribution in [0.4, 0.5) is 0 Å². The van der Waals surface area contributed by atoms with Crippen molar-refractivity contribution in [2.75, 3.05) is 0 Å². The summed E-state index contributed by atoms with van der Waals surface area (Å²) in [7, 11) is 0. The van der Waals surface area contributed by atoms with E-state index in [9.17, 15) is 19.2 Å². The Labute approximate surface area is 56.5 Å². The molecule has 0 unspecified atom stereocenters. The molecule has 7 nitrogen and oxygen atoms in total. The first-order valence-corrected chi connectivity index (χ1v) is 2.29. The van der Waals surface area contributed by atoms with E-state index in [1.165, 1.54) is 0 Å². The zero-order valence-corrected chi connectivity index (χ0v) is 4.86. The smallest absolute Gasteiger partial charge is 0.351 e. The molecule has 0 saturated carbocycles. The minimum atomic E-state index is -1.58. The molecular weight excluding hydrogens is 160 g/mol. The predicted molar refractivity (Wildman–Crippen MR) is 28.3 cm³/mol. The van der Waals surface area contributed by atoms with Crippen LogP contribution in [0.2, 0.25) is 0 Å². The van der Waals surface area contributed by atoms with Crippen molar-refractivity contribution in [2.45, 2.75) is 0 Å². The summed E-state index contributed by atoms with van der Waals surface area (Å²) in [5.41, 5.74) is -3.17. The summed E-state index contributed by atoms with van der Waals surface area (Å²) in [5.74, 6) is -3.16. The fraction of sp³-hybridized carbons (Fsp3) is 0. The summed E-state index contributed by atoms with van der Waals surface area (Å²) in [6.07, 6.45) is 0. The van der Waals surface area contributed by atoms with Gasteiger partial charge in [-0.25, -0.2) is 19.2 Å². The second kappa shape index (κ2) is 2.37. The summed E-state index contributed by atoms with van der Waals surface area (Å²) < 4.78 is 10.8. The van der Waals surface area contributed by atoms with Crippen LogP contribution in [0.15, 0.2) is 32.4 Å². The SMILES string of the molecule is O=c1oc(=O)oc(=O)c(=O)o1. The van der Waals surface area contributed by atoms with Gasteiger partial charge in [0.25, 0.3) is 0 Å². The first-order chi connectivity index (χ1) is 5.09. The molecule has 0 aliphatic carbocycles. The Morgan fingerprint density at radius 2 is 1.00 bits per heavy atom. The summed E-state index contributed by atoms with van der Waals surface area (Å²) in [4.78, 5) is 40.7. The molecule has 0 saturated heterocycles. The third-order valence-corrected chi connectivity index (χ3v) is 0.685. The Bertz CT molecular complexity index is 427. The van der Waals surface area contributed by atoms with Crippen LogP contribution in [-0.2, 0) is 0 Å². The van der Waals surface area contributed by atoms with Gasteiger partial charge >= 0.3 is 22.9 Å². The largest absolute Gasteiger partial charge is 0.526 e. The van der Waals surface area contributed by atoms with Gasteiger partial charge in [0.05, 0.1) is 0 Å². The maximum absolute atomic E-state index is 10.2. The van der Waals surface area contributed by atoms with Crippen LogP contribution in [0.25, 0.3) is 0 Å². The molecule has 1 aromatic rings. The van der Waals surface area contributed by atoms with Crippen LogP contribution in [0.1, 0.15) is 0 Å². The van der Waals surface area contributed by atoms with Crippen molar-refractivity contribution in [1.82, 2.24) is 0 Å². The number of hydrogen-bond acceptors (Lipinski definition) is 7. The average Bonchev–Trinajstić information content (AvgIpc) is 1.93. The molecule has 0 aromatic carbocycles. The quantitative estimate of drug-likeness (QED) is 0.400. The summed E-state index contributed by atoms with van der Waals surface area (Å²) in [6, 6.07) is 0. The van der Waals surface area contributed by atoms with Crippen molar-refractivity contribution in [1.29, 1.82) is 0 Å². The van der Waals surface area contributed by atoms with Crippen LogP contribution in [-0.4, -0.2) is 0 Å². The highest BCUT2D eigenvalue weighted by atomic mass is 16.6. The van der Waals surface area contributed by atoms with Gasteiger partial charge in [-0.1, -0.05) is 0 Å². The molecule has 1 aromatic heterocycles. The van der Waals surface area contributed by atoms with Crippen LogP contribution in [0, 0.1) is 0 Å². The monoisotopic (exact) mass is 160 g/mol. The lowest BCUT2D eigenvalue weighted by Gasteiger charge is -1.58. The summed E-state index contributed by atoms with van der Waals surface area (Å²) in [6.45, 7) is 0. The Morgan fingerprint density at radius 3 is 1.36 bits per heavy atom. The van der Waals surface area contributed by atoms with E-state index in [4.69, 9.17) is 0 Å². The van der Waals surface area contributed by atoms with E-state index in [1.54, 1.807) is 0 Å². The lowest BCUT2D eigenvalue weighted by molar-refractivity contribution is 0.265. The number of hydrogen-bond donors (Lipinski definition) is 0. The fourth-order valence-electron chi connectivity index (χ4n) is 0.344. The molecule has 0 aliphatic rings. The molecule has 1 heterocycles. The molecule has 0 spiro atoms. The summed E-state index contributed by atoms with van der Waals surface area (Å²) >= 11 is 0. The lowest BCUT2D eigenvalue weighted by Crippen LogP contribution is -2.21. The third-order valence-electron chi connectivity index (χ3n) is 0.685. The molecule has 0 amide bonds. The minimum Gasteiger partial charge on any atom is -0.351 e. The molecular formula is C4O7. The minimum absolute atomic E-state index is 1.58. The molecule has 0 aliphatic heterocycles. The summed E-state index contributed by atoms with van der Waals surface area (Å²) in [5, 5.41) is 0. The topological polar surface area (TPSA) is 108 Å². The first-order valence-electron chi connectivity index (χ1n) is 2.29. The molecule has 0 fully saturated rings. The van der Waals surface area contributed by atoms with E-state index in [2.05, 4.69) is 13.3 Å². The Morgan fingerprint density at radius 1 is 0.636 bits per heavy atom.